The van der Waals surface area contributed by atoms with Crippen molar-refractivity contribution in [3.05, 3.63) is 18.1 Å². The molecule has 0 aliphatic carbocycles. The predicted octanol–water partition coefficient (Wildman–Crippen LogP) is 1.25. The summed E-state index contributed by atoms with van der Waals surface area (Å²) in [4.78, 5) is 10.9. The van der Waals surface area contributed by atoms with Gasteiger partial charge in [0.1, 0.15) is 0 Å². The summed E-state index contributed by atoms with van der Waals surface area (Å²) >= 11 is 0. The minimum absolute atomic E-state index is 0.459. The molecule has 0 aliphatic rings. The molecule has 7 heteroatoms. The Bertz CT molecular complexity index is 295. The van der Waals surface area contributed by atoms with Gasteiger partial charge in [-0.15, -0.1) is 0 Å². The zero-order valence-corrected chi connectivity index (χ0v) is 9.00. The summed E-state index contributed by atoms with van der Waals surface area (Å²) in [5.41, 5.74) is 2.11. The van der Waals surface area contributed by atoms with Gasteiger partial charge < -0.3 is 9.26 Å². The van der Waals surface area contributed by atoms with E-state index < -0.39 is 19.6 Å². The molecule has 0 heterocycles. The Morgan fingerprint density at radius 3 is 2.07 bits per heavy atom. The van der Waals surface area contributed by atoms with E-state index in [0.717, 1.165) is 21.3 Å². The largest absolute Gasteiger partial charge is 0.530 e. The first-order chi connectivity index (χ1) is 6.52. The van der Waals surface area contributed by atoms with Gasteiger partial charge in [0.05, 0.1) is 7.11 Å². The second-order valence-corrected chi connectivity index (χ2v) is 3.71. The Labute approximate surface area is 81.7 Å². The molecule has 6 nitrogen and oxygen atoms in total. The third-order valence-corrected chi connectivity index (χ3v) is 2.48. The lowest BCUT2D eigenvalue weighted by Gasteiger charge is -2.13. The van der Waals surface area contributed by atoms with Gasteiger partial charge in [0.25, 0.3) is 5.76 Å². The molecule has 0 aromatic carbocycles. The molecule has 0 bridgehead atoms. The minimum Gasteiger partial charge on any atom is -0.463 e. The highest BCUT2D eigenvalue weighted by Crippen LogP contribution is 2.49. The number of phosphoric ester groups is 1. The van der Waals surface area contributed by atoms with Gasteiger partial charge in [-0.3, -0.25) is 9.05 Å². The van der Waals surface area contributed by atoms with E-state index in [9.17, 15) is 9.36 Å². The van der Waals surface area contributed by atoms with Crippen molar-refractivity contribution in [2.24, 2.45) is 0 Å². The molecule has 0 atom stereocenters. The summed E-state index contributed by atoms with van der Waals surface area (Å²) < 4.78 is 29.2. The Hall–Kier alpha value is -1.06. The van der Waals surface area contributed by atoms with Gasteiger partial charge in [0.15, 0.2) is 0 Å². The molecule has 0 aromatic heterocycles. The van der Waals surface area contributed by atoms with Gasteiger partial charge in [-0.05, 0) is 0 Å². The quantitative estimate of drug-likeness (QED) is 0.229. The predicted molar refractivity (Wildman–Crippen MR) is 47.4 cm³/mol. The van der Waals surface area contributed by atoms with Crippen LogP contribution in [0.2, 0.25) is 0 Å². The highest BCUT2D eigenvalue weighted by molar-refractivity contribution is 7.48. The van der Waals surface area contributed by atoms with Gasteiger partial charge in [0.2, 0.25) is 0 Å². The molecular formula is C7H11O6P. The molecule has 0 saturated carbocycles. The maximum atomic E-state index is 11.4. The number of hydrogen-bond donors (Lipinski definition) is 0. The Morgan fingerprint density at radius 1 is 1.29 bits per heavy atom. The SMILES string of the molecule is C=C=C(OP(=O)(OC)OC)C(=O)OC. The van der Waals surface area contributed by atoms with Crippen molar-refractivity contribution in [1.82, 2.24) is 0 Å². The Morgan fingerprint density at radius 2 is 1.79 bits per heavy atom. The number of carbonyl (C=O) groups is 1. The first-order valence-corrected chi connectivity index (χ1v) is 4.88. The normalized spacial score (nSPS) is 10.2. The van der Waals surface area contributed by atoms with E-state index in [1.807, 2.05) is 0 Å². The van der Waals surface area contributed by atoms with Gasteiger partial charge in [-0.2, -0.15) is 0 Å². The summed E-state index contributed by atoms with van der Waals surface area (Å²) in [5, 5.41) is 0. The molecular weight excluding hydrogens is 211 g/mol. The van der Waals surface area contributed by atoms with Gasteiger partial charge in [0, 0.05) is 14.2 Å². The highest BCUT2D eigenvalue weighted by Gasteiger charge is 2.29. The van der Waals surface area contributed by atoms with E-state index in [0.29, 0.717) is 0 Å². The van der Waals surface area contributed by atoms with E-state index in [2.05, 4.69) is 30.6 Å². The van der Waals surface area contributed by atoms with E-state index in [1.54, 1.807) is 0 Å². The number of phosphoric acid groups is 1. The zero-order valence-electron chi connectivity index (χ0n) is 8.10. The van der Waals surface area contributed by atoms with Crippen molar-refractivity contribution in [3.8, 4) is 0 Å². The van der Waals surface area contributed by atoms with Crippen LogP contribution in [0.4, 0.5) is 0 Å². The Balaban J connectivity index is 4.72. The zero-order chi connectivity index (χ0) is 11.2. The Kier molecular flexibility index (Phi) is 5.20. The molecule has 0 unspecified atom stereocenters. The summed E-state index contributed by atoms with van der Waals surface area (Å²) in [6, 6.07) is 0. The monoisotopic (exact) mass is 222 g/mol. The average Bonchev–Trinajstić information content (AvgIpc) is 2.24. The number of methoxy groups -OCH3 is 1. The molecule has 0 fully saturated rings. The molecule has 14 heavy (non-hydrogen) atoms. The molecule has 80 valence electrons. The summed E-state index contributed by atoms with van der Waals surface area (Å²) in [5.74, 6) is -1.33. The van der Waals surface area contributed by atoms with Crippen LogP contribution in [-0.4, -0.2) is 27.3 Å². The van der Waals surface area contributed by atoms with E-state index in [4.69, 9.17) is 0 Å². The number of ether oxygens (including phenoxy) is 1. The third-order valence-electron chi connectivity index (χ3n) is 1.18. The minimum atomic E-state index is -3.76. The van der Waals surface area contributed by atoms with Crippen molar-refractivity contribution in [2.75, 3.05) is 21.3 Å². The van der Waals surface area contributed by atoms with Gasteiger partial charge >= 0.3 is 13.8 Å². The van der Waals surface area contributed by atoms with Crippen molar-refractivity contribution in [2.45, 2.75) is 0 Å². The fraction of sp³-hybridized carbons (Fsp3) is 0.429. The molecule has 0 aromatic rings. The van der Waals surface area contributed by atoms with Crippen molar-refractivity contribution in [1.29, 1.82) is 0 Å². The standard InChI is InChI=1S/C7H11O6P/c1-5-6(7(8)10-2)13-14(9,11-3)12-4/h1H2,2-4H3. The van der Waals surface area contributed by atoms with Crippen LogP contribution in [0.5, 0.6) is 0 Å². The lowest BCUT2D eigenvalue weighted by Crippen LogP contribution is -2.07. The summed E-state index contributed by atoms with van der Waals surface area (Å²) in [6.07, 6.45) is 0. The molecule has 0 radical (unpaired) electrons. The molecule has 0 N–H and O–H groups in total. The lowest BCUT2D eigenvalue weighted by molar-refractivity contribution is -0.138. The van der Waals surface area contributed by atoms with Crippen LogP contribution in [0, 0.1) is 0 Å². The maximum Gasteiger partial charge on any atom is 0.530 e. The molecule has 0 saturated heterocycles. The van der Waals surface area contributed by atoms with E-state index in [-0.39, 0.29) is 0 Å². The summed E-state index contributed by atoms with van der Waals surface area (Å²) in [6.45, 7) is 3.16. The van der Waals surface area contributed by atoms with E-state index in [1.165, 1.54) is 0 Å². The topological polar surface area (TPSA) is 71.1 Å². The molecule has 0 aliphatic heterocycles. The number of rotatable bonds is 5. The fourth-order valence-electron chi connectivity index (χ4n) is 0.495. The molecule has 0 rings (SSSR count). The van der Waals surface area contributed by atoms with Crippen molar-refractivity contribution in [3.63, 3.8) is 0 Å². The first-order valence-electron chi connectivity index (χ1n) is 3.42. The number of carbonyl (C=O) groups excluding carboxylic acids is 1. The average molecular weight is 222 g/mol. The fourth-order valence-corrected chi connectivity index (χ4v) is 1.16. The van der Waals surface area contributed by atoms with Crippen LogP contribution >= 0.6 is 7.82 Å². The maximum absolute atomic E-state index is 11.4. The van der Waals surface area contributed by atoms with Gasteiger partial charge in [-0.1, -0.05) is 12.3 Å². The molecule has 0 spiro atoms. The van der Waals surface area contributed by atoms with Crippen LogP contribution in [0.15, 0.2) is 18.1 Å². The van der Waals surface area contributed by atoms with Crippen molar-refractivity contribution >= 4 is 13.8 Å². The second kappa shape index (κ2) is 5.62. The van der Waals surface area contributed by atoms with Crippen molar-refractivity contribution < 1.29 is 27.7 Å². The van der Waals surface area contributed by atoms with Crippen LogP contribution < -0.4 is 0 Å². The van der Waals surface area contributed by atoms with E-state index >= 15 is 0 Å². The number of hydrogen-bond acceptors (Lipinski definition) is 6. The molecule has 0 amide bonds. The van der Waals surface area contributed by atoms with Crippen LogP contribution in [0.25, 0.3) is 0 Å². The smallest absolute Gasteiger partial charge is 0.463 e. The van der Waals surface area contributed by atoms with Crippen LogP contribution in [0.3, 0.4) is 0 Å². The lowest BCUT2D eigenvalue weighted by atomic mass is 10.5. The second-order valence-electron chi connectivity index (χ2n) is 1.90. The first kappa shape index (κ1) is 12.9. The highest BCUT2D eigenvalue weighted by atomic mass is 31.2. The third kappa shape index (κ3) is 3.36. The van der Waals surface area contributed by atoms with Crippen LogP contribution in [0.1, 0.15) is 0 Å². The number of esters is 1. The summed E-state index contributed by atoms with van der Waals surface area (Å²) in [7, 11) is -0.402. The van der Waals surface area contributed by atoms with Crippen LogP contribution in [-0.2, 0) is 27.7 Å². The van der Waals surface area contributed by atoms with Gasteiger partial charge in [-0.25, -0.2) is 9.36 Å².